The number of aromatic nitrogens is 3. The molecule has 72 valence electrons. The lowest BCUT2D eigenvalue weighted by Crippen LogP contribution is -2.03. The van der Waals surface area contributed by atoms with E-state index in [-0.39, 0.29) is 6.04 Å². The van der Waals surface area contributed by atoms with Gasteiger partial charge in [-0.25, -0.2) is 4.68 Å². The van der Waals surface area contributed by atoms with Gasteiger partial charge in [0.2, 0.25) is 0 Å². The first kappa shape index (κ1) is 8.94. The van der Waals surface area contributed by atoms with Crippen LogP contribution in [0.2, 0.25) is 0 Å². The van der Waals surface area contributed by atoms with Crippen LogP contribution in [0.5, 0.6) is 0 Å². The highest BCUT2D eigenvalue weighted by atomic mass is 15.4. The molecule has 1 aromatic heterocycles. The van der Waals surface area contributed by atoms with E-state index in [1.54, 1.807) is 0 Å². The molecule has 2 aromatic rings. The van der Waals surface area contributed by atoms with E-state index < -0.39 is 0 Å². The van der Waals surface area contributed by atoms with Gasteiger partial charge in [-0.05, 0) is 26.0 Å². The van der Waals surface area contributed by atoms with Crippen LogP contribution in [-0.2, 0) is 0 Å². The fraction of sp³-hybridized carbons (Fsp3) is 0.273. The molecule has 0 aliphatic carbocycles. The Bertz CT molecular complexity index is 456. The lowest BCUT2D eigenvalue weighted by Gasteiger charge is -2.06. The zero-order valence-electron chi connectivity index (χ0n) is 8.38. The number of rotatable bonds is 2. The molecule has 1 heterocycles. The molecule has 0 spiro atoms. The first-order valence-electron chi connectivity index (χ1n) is 4.75. The van der Waals surface area contributed by atoms with Gasteiger partial charge in [0.25, 0.3) is 0 Å². The second-order valence-corrected chi connectivity index (χ2v) is 3.29. The van der Waals surface area contributed by atoms with E-state index in [4.69, 9.17) is 0 Å². The van der Waals surface area contributed by atoms with Crippen LogP contribution in [0.3, 0.4) is 0 Å². The third kappa shape index (κ3) is 1.41. The summed E-state index contributed by atoms with van der Waals surface area (Å²) in [6, 6.07) is 8.25. The Labute approximate surface area is 83.0 Å². The van der Waals surface area contributed by atoms with Crippen LogP contribution in [-0.4, -0.2) is 15.0 Å². The first-order chi connectivity index (χ1) is 6.83. The van der Waals surface area contributed by atoms with Gasteiger partial charge in [0.15, 0.2) is 0 Å². The van der Waals surface area contributed by atoms with Crippen LogP contribution in [0.4, 0.5) is 0 Å². The Morgan fingerprint density at radius 3 is 2.93 bits per heavy atom. The molecule has 0 aliphatic heterocycles. The molecule has 0 fully saturated rings. The zero-order valence-corrected chi connectivity index (χ0v) is 8.38. The predicted octanol–water partition coefficient (Wildman–Crippen LogP) is 2.57. The lowest BCUT2D eigenvalue weighted by atomic mass is 10.2. The van der Waals surface area contributed by atoms with Crippen molar-refractivity contribution in [3.05, 3.63) is 36.4 Å². The molecule has 3 nitrogen and oxygen atoms in total. The molecule has 0 aliphatic rings. The van der Waals surface area contributed by atoms with Crippen molar-refractivity contribution < 1.29 is 0 Å². The summed E-state index contributed by atoms with van der Waals surface area (Å²) in [6.45, 7) is 4.11. The van der Waals surface area contributed by atoms with Crippen molar-refractivity contribution in [2.75, 3.05) is 0 Å². The van der Waals surface area contributed by atoms with Gasteiger partial charge in [0.05, 0.1) is 11.6 Å². The quantitative estimate of drug-likeness (QED) is 0.676. The van der Waals surface area contributed by atoms with Crippen LogP contribution < -0.4 is 0 Å². The van der Waals surface area contributed by atoms with Gasteiger partial charge < -0.3 is 0 Å². The standard InChI is InChI=1S/C11H13N3/c1-3-6-9(2)14-11-8-5-4-7-10(11)12-13-14/h3-9H,1-2H3. The number of para-hydroxylation sites is 1. The number of allylic oxidation sites excluding steroid dienone is 2. The van der Waals surface area contributed by atoms with E-state index in [1.165, 1.54) is 0 Å². The fourth-order valence-electron chi connectivity index (χ4n) is 1.55. The molecule has 1 atom stereocenters. The fourth-order valence-corrected chi connectivity index (χ4v) is 1.55. The van der Waals surface area contributed by atoms with E-state index in [0.29, 0.717) is 0 Å². The van der Waals surface area contributed by atoms with Crippen molar-refractivity contribution in [2.45, 2.75) is 19.9 Å². The van der Waals surface area contributed by atoms with Gasteiger partial charge in [-0.1, -0.05) is 29.5 Å². The molecule has 0 saturated heterocycles. The summed E-state index contributed by atoms with van der Waals surface area (Å²) in [5, 5.41) is 8.23. The van der Waals surface area contributed by atoms with Crippen LogP contribution in [0, 0.1) is 0 Å². The SMILES string of the molecule is CC=CC(C)n1nnc2ccccc21. The molecule has 1 unspecified atom stereocenters. The highest BCUT2D eigenvalue weighted by Gasteiger charge is 2.06. The average molecular weight is 187 g/mol. The monoisotopic (exact) mass is 187 g/mol. The third-order valence-corrected chi connectivity index (χ3v) is 2.23. The van der Waals surface area contributed by atoms with Gasteiger partial charge in [0.1, 0.15) is 5.52 Å². The molecule has 3 heteroatoms. The molecule has 0 saturated carbocycles. The highest BCUT2D eigenvalue weighted by molar-refractivity contribution is 5.74. The molecule has 2 rings (SSSR count). The van der Waals surface area contributed by atoms with Crippen molar-refractivity contribution in [3.63, 3.8) is 0 Å². The van der Waals surface area contributed by atoms with E-state index in [0.717, 1.165) is 11.0 Å². The van der Waals surface area contributed by atoms with Crippen LogP contribution in [0.1, 0.15) is 19.9 Å². The number of hydrogen-bond donors (Lipinski definition) is 0. The topological polar surface area (TPSA) is 30.7 Å². The van der Waals surface area contributed by atoms with Gasteiger partial charge in [-0.15, -0.1) is 5.10 Å². The zero-order chi connectivity index (χ0) is 9.97. The van der Waals surface area contributed by atoms with Crippen molar-refractivity contribution in [1.29, 1.82) is 0 Å². The van der Waals surface area contributed by atoms with Gasteiger partial charge in [-0.3, -0.25) is 0 Å². The van der Waals surface area contributed by atoms with Crippen molar-refractivity contribution in [1.82, 2.24) is 15.0 Å². The van der Waals surface area contributed by atoms with Gasteiger partial charge >= 0.3 is 0 Å². The maximum atomic E-state index is 4.13. The highest BCUT2D eigenvalue weighted by Crippen LogP contribution is 2.15. The van der Waals surface area contributed by atoms with Crippen molar-refractivity contribution in [2.24, 2.45) is 0 Å². The molecular weight excluding hydrogens is 174 g/mol. The molecule has 0 radical (unpaired) electrons. The molecule has 0 bridgehead atoms. The minimum atomic E-state index is 0.257. The van der Waals surface area contributed by atoms with Crippen molar-refractivity contribution >= 4 is 11.0 Å². The van der Waals surface area contributed by atoms with E-state index in [2.05, 4.69) is 23.3 Å². The Balaban J connectivity index is 2.52. The minimum Gasteiger partial charge on any atom is -0.238 e. The Hall–Kier alpha value is -1.64. The molecule has 0 amide bonds. The second kappa shape index (κ2) is 3.62. The number of fused-ring (bicyclic) bond motifs is 1. The Kier molecular flexibility index (Phi) is 2.31. The Morgan fingerprint density at radius 1 is 1.36 bits per heavy atom. The largest absolute Gasteiger partial charge is 0.238 e. The van der Waals surface area contributed by atoms with E-state index in [1.807, 2.05) is 41.9 Å². The summed E-state index contributed by atoms with van der Waals surface area (Å²) in [5.41, 5.74) is 2.03. The maximum absolute atomic E-state index is 4.13. The van der Waals surface area contributed by atoms with Gasteiger partial charge in [0, 0.05) is 0 Å². The van der Waals surface area contributed by atoms with E-state index in [9.17, 15) is 0 Å². The smallest absolute Gasteiger partial charge is 0.113 e. The summed E-state index contributed by atoms with van der Waals surface area (Å²) in [4.78, 5) is 0. The average Bonchev–Trinajstić information content (AvgIpc) is 2.61. The van der Waals surface area contributed by atoms with Gasteiger partial charge in [-0.2, -0.15) is 0 Å². The van der Waals surface area contributed by atoms with Crippen LogP contribution in [0.25, 0.3) is 11.0 Å². The van der Waals surface area contributed by atoms with Crippen molar-refractivity contribution in [3.8, 4) is 0 Å². The Morgan fingerprint density at radius 2 is 2.14 bits per heavy atom. The van der Waals surface area contributed by atoms with E-state index >= 15 is 0 Å². The minimum absolute atomic E-state index is 0.257. The predicted molar refractivity (Wildman–Crippen MR) is 57.1 cm³/mol. The van der Waals surface area contributed by atoms with Crippen LogP contribution in [0.15, 0.2) is 36.4 Å². The molecule has 1 aromatic carbocycles. The molecule has 14 heavy (non-hydrogen) atoms. The maximum Gasteiger partial charge on any atom is 0.113 e. The number of hydrogen-bond acceptors (Lipinski definition) is 2. The summed E-state index contributed by atoms with van der Waals surface area (Å²) in [6.07, 6.45) is 4.13. The summed E-state index contributed by atoms with van der Waals surface area (Å²) < 4.78 is 1.93. The first-order valence-corrected chi connectivity index (χ1v) is 4.75. The molecule has 0 N–H and O–H groups in total. The number of benzene rings is 1. The third-order valence-electron chi connectivity index (χ3n) is 2.23. The number of nitrogens with zero attached hydrogens (tertiary/aromatic N) is 3. The summed E-state index contributed by atoms with van der Waals surface area (Å²) in [7, 11) is 0. The molecular formula is C11H13N3. The lowest BCUT2D eigenvalue weighted by molar-refractivity contribution is 0.574. The summed E-state index contributed by atoms with van der Waals surface area (Å²) in [5.74, 6) is 0. The normalized spacial score (nSPS) is 13.9. The second-order valence-electron chi connectivity index (χ2n) is 3.29. The summed E-state index contributed by atoms with van der Waals surface area (Å²) >= 11 is 0. The van der Waals surface area contributed by atoms with Crippen LogP contribution >= 0.6 is 0 Å².